The molecule has 2 heterocycles. The average molecular weight is 681 g/mol. The third-order valence-electron chi connectivity index (χ3n) is 9.91. The Bertz CT molecular complexity index is 2860. The zero-order chi connectivity index (χ0) is 35.1. The van der Waals surface area contributed by atoms with E-state index >= 15 is 0 Å². The second kappa shape index (κ2) is 12.9. The number of nitrogens with zero attached hydrogens (tertiary/aromatic N) is 2. The van der Waals surface area contributed by atoms with Gasteiger partial charge in [0.25, 0.3) is 0 Å². The van der Waals surface area contributed by atoms with Gasteiger partial charge in [-0.1, -0.05) is 146 Å². The molecule has 10 rings (SSSR count). The molecule has 0 spiro atoms. The van der Waals surface area contributed by atoms with E-state index in [1.165, 1.54) is 11.1 Å². The highest BCUT2D eigenvalue weighted by molar-refractivity contribution is 6.20. The van der Waals surface area contributed by atoms with Gasteiger partial charge in [0.2, 0.25) is 5.89 Å². The highest BCUT2D eigenvalue weighted by atomic mass is 16.4. The first-order chi connectivity index (χ1) is 26.3. The first-order valence-corrected chi connectivity index (χ1v) is 17.8. The highest BCUT2D eigenvalue weighted by Gasteiger charge is 2.25. The molecule has 0 bridgehead atoms. The largest absolute Gasteiger partial charge is 0.456 e. The number of fused-ring (bicyclic) bond motifs is 5. The van der Waals surface area contributed by atoms with Crippen molar-refractivity contribution in [3.8, 4) is 44.8 Å². The van der Waals surface area contributed by atoms with Crippen LogP contribution in [0.1, 0.15) is 0 Å². The average Bonchev–Trinajstić information content (AvgIpc) is 3.85. The van der Waals surface area contributed by atoms with Gasteiger partial charge in [-0.3, -0.25) is 0 Å². The number of aromatic nitrogens is 1. The van der Waals surface area contributed by atoms with Gasteiger partial charge >= 0.3 is 0 Å². The zero-order valence-corrected chi connectivity index (χ0v) is 28.7. The van der Waals surface area contributed by atoms with E-state index < -0.39 is 0 Å². The van der Waals surface area contributed by atoms with Crippen molar-refractivity contribution in [1.82, 2.24) is 4.98 Å². The Morgan fingerprint density at radius 2 is 0.906 bits per heavy atom. The molecule has 0 unspecified atom stereocenters. The Morgan fingerprint density at radius 1 is 0.377 bits per heavy atom. The molecule has 4 nitrogen and oxygen atoms in total. The molecular weight excluding hydrogens is 649 g/mol. The van der Waals surface area contributed by atoms with Crippen LogP contribution in [0, 0.1) is 0 Å². The number of hydrogen-bond acceptors (Lipinski definition) is 4. The van der Waals surface area contributed by atoms with Crippen molar-refractivity contribution in [2.24, 2.45) is 0 Å². The Labute approximate surface area is 306 Å². The lowest BCUT2D eigenvalue weighted by atomic mass is 10.00. The summed E-state index contributed by atoms with van der Waals surface area (Å²) in [5.41, 5.74) is 13.7. The number of rotatable bonds is 7. The minimum atomic E-state index is 0.562. The van der Waals surface area contributed by atoms with E-state index in [0.717, 1.165) is 72.3 Å². The molecule has 4 heteroatoms. The van der Waals surface area contributed by atoms with Crippen LogP contribution in [0.2, 0.25) is 0 Å². The summed E-state index contributed by atoms with van der Waals surface area (Å²) in [6, 6.07) is 67.4. The minimum Gasteiger partial charge on any atom is -0.456 e. The predicted octanol–water partition coefficient (Wildman–Crippen LogP) is 13.9. The molecule has 8 aromatic carbocycles. The van der Waals surface area contributed by atoms with Crippen molar-refractivity contribution < 1.29 is 8.83 Å². The van der Waals surface area contributed by atoms with Crippen LogP contribution in [0.4, 0.5) is 17.1 Å². The second-order valence-corrected chi connectivity index (χ2v) is 13.2. The maximum atomic E-state index is 6.80. The third kappa shape index (κ3) is 5.54. The quantitative estimate of drug-likeness (QED) is 0.168. The standard InChI is InChI=1S/C49H32N2O2/c1-4-13-33(14-5-1)35-23-25-36(26-24-35)37-27-29-40(30-28-37)51(41-20-12-19-39(31-41)34-15-6-2-7-16-34)43-32-45-46(42-21-10-11-22-44(42)52-45)47-48(43)53-49(50-47)38-17-8-3-9-18-38/h1-32H. The topological polar surface area (TPSA) is 42.4 Å². The van der Waals surface area contributed by atoms with Crippen molar-refractivity contribution in [2.75, 3.05) is 4.90 Å². The molecule has 0 N–H and O–H groups in total. The summed E-state index contributed by atoms with van der Waals surface area (Å²) in [5, 5.41) is 1.95. The van der Waals surface area contributed by atoms with Crippen LogP contribution >= 0.6 is 0 Å². The molecule has 0 radical (unpaired) electrons. The smallest absolute Gasteiger partial charge is 0.227 e. The first-order valence-electron chi connectivity index (χ1n) is 17.8. The van der Waals surface area contributed by atoms with Gasteiger partial charge in [0.05, 0.1) is 11.1 Å². The zero-order valence-electron chi connectivity index (χ0n) is 28.7. The Balaban J connectivity index is 1.16. The molecule has 0 aliphatic rings. The molecule has 0 atom stereocenters. The van der Waals surface area contributed by atoms with Gasteiger partial charge in [-0.05, 0) is 75.8 Å². The van der Waals surface area contributed by atoms with E-state index in [9.17, 15) is 0 Å². The Hall–Kier alpha value is -7.17. The van der Waals surface area contributed by atoms with Gasteiger partial charge in [0.1, 0.15) is 16.7 Å². The highest BCUT2D eigenvalue weighted by Crippen LogP contribution is 2.46. The maximum Gasteiger partial charge on any atom is 0.227 e. The number of furan rings is 1. The maximum absolute atomic E-state index is 6.80. The van der Waals surface area contributed by atoms with E-state index in [0.29, 0.717) is 11.5 Å². The fraction of sp³-hybridized carbons (Fsp3) is 0. The number of benzene rings is 8. The van der Waals surface area contributed by atoms with Gasteiger partial charge in [0, 0.05) is 28.4 Å². The van der Waals surface area contributed by atoms with Crippen LogP contribution < -0.4 is 4.90 Å². The van der Waals surface area contributed by atoms with Crippen molar-refractivity contribution in [3.05, 3.63) is 194 Å². The summed E-state index contributed by atoms with van der Waals surface area (Å²) in [7, 11) is 0. The van der Waals surface area contributed by atoms with Crippen LogP contribution in [0.3, 0.4) is 0 Å². The third-order valence-corrected chi connectivity index (χ3v) is 9.91. The van der Waals surface area contributed by atoms with E-state index in [1.54, 1.807) is 0 Å². The van der Waals surface area contributed by atoms with Gasteiger partial charge in [-0.2, -0.15) is 0 Å². The SMILES string of the molecule is c1ccc(-c2ccc(-c3ccc(N(c4cccc(-c5ccccc5)c4)c4cc5oc6ccccc6c5c5nc(-c6ccccc6)oc45)cc3)cc2)cc1. The molecule has 2 aromatic heterocycles. The number of para-hydroxylation sites is 1. The van der Waals surface area contributed by atoms with Gasteiger partial charge in [-0.25, -0.2) is 4.98 Å². The van der Waals surface area contributed by atoms with E-state index in [4.69, 9.17) is 13.8 Å². The lowest BCUT2D eigenvalue weighted by molar-refractivity contribution is 0.619. The van der Waals surface area contributed by atoms with Crippen molar-refractivity contribution in [3.63, 3.8) is 0 Å². The Morgan fingerprint density at radius 3 is 1.57 bits per heavy atom. The van der Waals surface area contributed by atoms with Crippen LogP contribution in [-0.2, 0) is 0 Å². The van der Waals surface area contributed by atoms with Gasteiger partial charge in [0.15, 0.2) is 5.58 Å². The van der Waals surface area contributed by atoms with Crippen LogP contribution in [-0.4, -0.2) is 4.98 Å². The fourth-order valence-electron chi connectivity index (χ4n) is 7.30. The molecule has 53 heavy (non-hydrogen) atoms. The minimum absolute atomic E-state index is 0.562. The summed E-state index contributed by atoms with van der Waals surface area (Å²) < 4.78 is 13.3. The molecule has 0 saturated carbocycles. The summed E-state index contributed by atoms with van der Waals surface area (Å²) >= 11 is 0. The van der Waals surface area contributed by atoms with Gasteiger partial charge < -0.3 is 13.7 Å². The molecule has 0 aliphatic carbocycles. The normalized spacial score (nSPS) is 11.4. The molecular formula is C49H32N2O2. The lowest BCUT2D eigenvalue weighted by Gasteiger charge is -2.26. The summed E-state index contributed by atoms with van der Waals surface area (Å²) in [5.74, 6) is 0.562. The summed E-state index contributed by atoms with van der Waals surface area (Å²) in [6.07, 6.45) is 0. The van der Waals surface area contributed by atoms with E-state index in [2.05, 4.69) is 138 Å². The fourth-order valence-corrected chi connectivity index (χ4v) is 7.30. The van der Waals surface area contributed by atoms with Crippen molar-refractivity contribution >= 4 is 50.1 Å². The van der Waals surface area contributed by atoms with E-state index in [1.807, 2.05) is 60.7 Å². The van der Waals surface area contributed by atoms with Crippen molar-refractivity contribution in [2.45, 2.75) is 0 Å². The Kier molecular flexibility index (Phi) is 7.43. The molecule has 0 aliphatic heterocycles. The van der Waals surface area contributed by atoms with Crippen molar-refractivity contribution in [1.29, 1.82) is 0 Å². The molecule has 0 saturated heterocycles. The lowest BCUT2D eigenvalue weighted by Crippen LogP contribution is -2.10. The molecule has 0 amide bonds. The van der Waals surface area contributed by atoms with Crippen LogP contribution in [0.25, 0.3) is 77.9 Å². The number of oxazole rings is 1. The van der Waals surface area contributed by atoms with E-state index in [-0.39, 0.29) is 0 Å². The number of anilines is 3. The molecule has 10 aromatic rings. The summed E-state index contributed by atoms with van der Waals surface area (Å²) in [4.78, 5) is 7.41. The van der Waals surface area contributed by atoms with Gasteiger partial charge in [-0.15, -0.1) is 0 Å². The summed E-state index contributed by atoms with van der Waals surface area (Å²) in [6.45, 7) is 0. The van der Waals surface area contributed by atoms with Crippen LogP contribution in [0.5, 0.6) is 0 Å². The molecule has 250 valence electrons. The monoisotopic (exact) mass is 680 g/mol. The van der Waals surface area contributed by atoms with Crippen LogP contribution in [0.15, 0.2) is 203 Å². The number of hydrogen-bond donors (Lipinski definition) is 0. The second-order valence-electron chi connectivity index (χ2n) is 13.2. The predicted molar refractivity (Wildman–Crippen MR) is 218 cm³/mol. The first kappa shape index (κ1) is 30.6. The molecule has 0 fully saturated rings.